The van der Waals surface area contributed by atoms with Crippen molar-refractivity contribution in [3.63, 3.8) is 0 Å². The number of nitrogens with zero attached hydrogens (tertiary/aromatic N) is 3. The van der Waals surface area contributed by atoms with E-state index in [4.69, 9.17) is 25.0 Å². The number of rotatable bonds is 6. The quantitative estimate of drug-likeness (QED) is 0.153. The van der Waals surface area contributed by atoms with Crippen LogP contribution in [0.5, 0.6) is 0 Å². The van der Waals surface area contributed by atoms with Gasteiger partial charge in [-0.2, -0.15) is 13.2 Å². The lowest BCUT2D eigenvalue weighted by Gasteiger charge is -2.30. The molecule has 2 aromatic carbocycles. The van der Waals surface area contributed by atoms with E-state index in [0.717, 1.165) is 10.6 Å². The third-order valence-corrected chi connectivity index (χ3v) is 6.17. The van der Waals surface area contributed by atoms with Crippen LogP contribution in [0.15, 0.2) is 30.3 Å². The Morgan fingerprint density at radius 2 is 1.64 bits per heavy atom. The zero-order chi connectivity index (χ0) is 33.1. The Kier molecular flexibility index (Phi) is 10.6. The molecule has 0 saturated heterocycles. The van der Waals surface area contributed by atoms with Gasteiger partial charge >= 0.3 is 14.0 Å². The van der Waals surface area contributed by atoms with Gasteiger partial charge in [-0.1, -0.05) is 6.07 Å². The number of hydrogen-bond acceptors (Lipinski definition) is 5. The second-order valence-corrected chi connectivity index (χ2v) is 10.6. The molecule has 1 aliphatic rings. The van der Waals surface area contributed by atoms with Crippen LogP contribution in [0.2, 0.25) is 0 Å². The first-order chi connectivity index (χ1) is 20.2. The largest absolute Gasteiger partial charge is 0.466 e. The minimum atomic E-state index is -4.83. The summed E-state index contributed by atoms with van der Waals surface area (Å²) in [6.45, 7) is 0.481. The van der Waals surface area contributed by atoms with E-state index in [1.807, 2.05) is 0 Å². The zero-order valence-corrected chi connectivity index (χ0v) is 23.5. The molecule has 44 heavy (non-hydrogen) atoms. The molecule has 0 saturated carbocycles. The van der Waals surface area contributed by atoms with Crippen molar-refractivity contribution in [2.24, 2.45) is 5.73 Å². The molecular formula is C25H25F7N5O6P. The van der Waals surface area contributed by atoms with Crippen molar-refractivity contribution in [1.82, 2.24) is 14.5 Å². The molecule has 1 aromatic heterocycles. The lowest BCUT2D eigenvalue weighted by atomic mass is 10.0. The fourth-order valence-corrected chi connectivity index (χ4v) is 4.41. The van der Waals surface area contributed by atoms with E-state index in [2.05, 4.69) is 10.3 Å². The van der Waals surface area contributed by atoms with Crippen LogP contribution in [0.3, 0.4) is 0 Å². The Balaban J connectivity index is 0.000000978. The van der Waals surface area contributed by atoms with Crippen molar-refractivity contribution in [3.05, 3.63) is 70.7 Å². The number of imidazole rings is 1. The smallest absolute Gasteiger partial charge is 0.335 e. The highest BCUT2D eigenvalue weighted by molar-refractivity contribution is 7.45. The maximum atomic E-state index is 14.6. The van der Waals surface area contributed by atoms with Gasteiger partial charge in [0.2, 0.25) is 17.6 Å². The molecule has 0 unspecified atom stereocenters. The van der Waals surface area contributed by atoms with Gasteiger partial charge < -0.3 is 35.2 Å². The van der Waals surface area contributed by atoms with E-state index in [1.54, 1.807) is 0 Å². The second kappa shape index (κ2) is 13.4. The highest BCUT2D eigenvalue weighted by Crippen LogP contribution is 2.37. The number of hydrogen-bond donors (Lipinski definition) is 5. The van der Waals surface area contributed by atoms with Crippen molar-refractivity contribution >= 4 is 25.3 Å². The summed E-state index contributed by atoms with van der Waals surface area (Å²) in [6.07, 6.45) is -5.47. The number of carbonyl (C=O) groups is 2. The molecule has 19 heteroatoms. The summed E-state index contributed by atoms with van der Waals surface area (Å²) in [6, 6.07) is 3.44. The number of nitrogens with two attached hydrogens (primary N) is 1. The minimum absolute atomic E-state index is 0.000615. The van der Waals surface area contributed by atoms with E-state index in [0.29, 0.717) is 12.1 Å². The predicted octanol–water partition coefficient (Wildman–Crippen LogP) is 3.46. The molecule has 0 radical (unpaired) electrons. The number of benzene rings is 2. The van der Waals surface area contributed by atoms with Crippen LogP contribution in [0.4, 0.5) is 36.4 Å². The van der Waals surface area contributed by atoms with Gasteiger partial charge in [-0.3, -0.25) is 9.59 Å². The number of phosphoric acid groups is 1. The highest BCUT2D eigenvalue weighted by Gasteiger charge is 2.41. The first-order valence-electron chi connectivity index (χ1n) is 12.4. The van der Waals surface area contributed by atoms with E-state index >= 15 is 0 Å². The minimum Gasteiger partial charge on any atom is -0.335 e. The molecule has 4 rings (SSSR count). The van der Waals surface area contributed by atoms with E-state index < -0.39 is 60.9 Å². The molecule has 6 N–H and O–H groups in total. The predicted molar refractivity (Wildman–Crippen MR) is 139 cm³/mol. The van der Waals surface area contributed by atoms with Crippen LogP contribution in [0.1, 0.15) is 30.4 Å². The number of alkyl halides is 3. The van der Waals surface area contributed by atoms with E-state index in [1.165, 1.54) is 24.0 Å². The monoisotopic (exact) mass is 655 g/mol. The second-order valence-electron chi connectivity index (χ2n) is 9.61. The molecule has 240 valence electrons. The average molecular weight is 655 g/mol. The van der Waals surface area contributed by atoms with E-state index in [9.17, 15) is 40.3 Å². The highest BCUT2D eigenvalue weighted by atomic mass is 31.2. The number of halogens is 7. The average Bonchev–Trinajstić information content (AvgIpc) is 3.27. The van der Waals surface area contributed by atoms with Gasteiger partial charge in [-0.05, 0) is 30.2 Å². The van der Waals surface area contributed by atoms with Crippen molar-refractivity contribution in [2.75, 3.05) is 11.9 Å². The Labute approximate surface area is 244 Å². The molecule has 0 fully saturated rings. The van der Waals surface area contributed by atoms with Gasteiger partial charge in [-0.25, -0.2) is 27.1 Å². The maximum absolute atomic E-state index is 14.6. The molecule has 2 heterocycles. The Morgan fingerprint density at radius 3 is 2.20 bits per heavy atom. The number of fused-ring (bicyclic) bond motifs is 1. The first kappa shape index (κ1) is 34.7. The SMILES string of the molecule is CC(=O)Nc1ccc(-c2nc(C(F)(F)F)n3c2CN(C(=O)C[C@H](N)Cc2cc(F)c(F)cc2F)CC3)cc1F.O=P(O)(O)O. The summed E-state index contributed by atoms with van der Waals surface area (Å²) in [5.74, 6) is -6.88. The summed E-state index contributed by atoms with van der Waals surface area (Å²) in [5.41, 5.74) is 5.36. The lowest BCUT2D eigenvalue weighted by molar-refractivity contribution is -0.148. The molecule has 0 bridgehead atoms. The van der Waals surface area contributed by atoms with Crippen LogP contribution in [-0.2, 0) is 39.8 Å². The Morgan fingerprint density at radius 1 is 1.02 bits per heavy atom. The third kappa shape index (κ3) is 9.09. The summed E-state index contributed by atoms with van der Waals surface area (Å²) < 4.78 is 106. The van der Waals surface area contributed by atoms with Crippen LogP contribution in [0.25, 0.3) is 11.3 Å². The number of nitrogens with one attached hydrogen (secondary N) is 1. The molecular weight excluding hydrogens is 630 g/mol. The van der Waals surface area contributed by atoms with Gasteiger partial charge in [-0.15, -0.1) is 0 Å². The summed E-state index contributed by atoms with van der Waals surface area (Å²) in [7, 11) is -4.64. The Bertz CT molecular complexity index is 1600. The molecule has 1 atom stereocenters. The molecule has 3 aromatic rings. The standard InChI is InChI=1S/C25H22F7N5O2.H3O4P/c1-12(38)34-20-3-2-13(7-19(20)29)23-21-11-36(4-5-37(21)24(35-23)25(30,31)32)22(39)9-15(33)6-14-8-17(27)18(28)10-16(14)26;1-5(2,3)4/h2-3,7-8,10,15H,4-6,9,11,33H2,1H3,(H,34,38);(H3,1,2,3,4)/t15-;/m1./s1. The molecule has 0 aliphatic carbocycles. The van der Waals surface area contributed by atoms with Crippen LogP contribution >= 0.6 is 7.82 Å². The van der Waals surface area contributed by atoms with Gasteiger partial charge in [0.1, 0.15) is 11.6 Å². The van der Waals surface area contributed by atoms with Gasteiger partial charge in [0.25, 0.3) is 0 Å². The van der Waals surface area contributed by atoms with Gasteiger partial charge in [0.05, 0.1) is 23.6 Å². The number of carbonyl (C=O) groups excluding carboxylic acids is 2. The Hall–Kier alpha value is -3.83. The summed E-state index contributed by atoms with van der Waals surface area (Å²) in [4.78, 5) is 50.7. The fraction of sp³-hybridized carbons (Fsp3) is 0.320. The van der Waals surface area contributed by atoms with Crippen LogP contribution < -0.4 is 11.1 Å². The molecule has 0 spiro atoms. The van der Waals surface area contributed by atoms with Crippen molar-refractivity contribution in [1.29, 1.82) is 0 Å². The normalized spacial score (nSPS) is 14.0. The van der Waals surface area contributed by atoms with Gasteiger partial charge in [0, 0.05) is 44.1 Å². The molecule has 1 aliphatic heterocycles. The summed E-state index contributed by atoms with van der Waals surface area (Å²) in [5, 5.41) is 2.26. The molecule has 2 amide bonds. The number of amides is 2. The van der Waals surface area contributed by atoms with Crippen molar-refractivity contribution in [2.45, 2.75) is 45.1 Å². The summed E-state index contributed by atoms with van der Waals surface area (Å²) >= 11 is 0. The van der Waals surface area contributed by atoms with Crippen LogP contribution in [0, 0.1) is 23.3 Å². The fourth-order valence-electron chi connectivity index (χ4n) is 4.41. The number of anilines is 1. The van der Waals surface area contributed by atoms with Crippen molar-refractivity contribution < 1.29 is 59.6 Å². The lowest BCUT2D eigenvalue weighted by Crippen LogP contribution is -2.42. The van der Waals surface area contributed by atoms with Crippen molar-refractivity contribution in [3.8, 4) is 11.3 Å². The maximum Gasteiger partial charge on any atom is 0.466 e. The zero-order valence-electron chi connectivity index (χ0n) is 22.6. The van der Waals surface area contributed by atoms with Crippen LogP contribution in [-0.4, -0.2) is 53.5 Å². The van der Waals surface area contributed by atoms with E-state index in [-0.39, 0.29) is 60.7 Å². The van der Waals surface area contributed by atoms with Gasteiger partial charge in [0.15, 0.2) is 11.6 Å². The topological polar surface area (TPSA) is 171 Å². The molecule has 11 nitrogen and oxygen atoms in total. The first-order valence-corrected chi connectivity index (χ1v) is 14.0. The number of aromatic nitrogens is 2. The third-order valence-electron chi connectivity index (χ3n) is 6.17.